The van der Waals surface area contributed by atoms with Crippen LogP contribution in [0.25, 0.3) is 0 Å². The first-order valence-corrected chi connectivity index (χ1v) is 7.26. The maximum atomic E-state index is 3.54. The second-order valence-electron chi connectivity index (χ2n) is 6.52. The van der Waals surface area contributed by atoms with E-state index in [9.17, 15) is 0 Å². The van der Waals surface area contributed by atoms with E-state index in [1.165, 1.54) is 50.1 Å². The molecule has 2 heterocycles. The summed E-state index contributed by atoms with van der Waals surface area (Å²) >= 11 is 0. The zero-order valence-electron chi connectivity index (χ0n) is 11.6. The standard InChI is InChI=1S/C16H24N2/c1-16(2)9-5-11-18(12-16)15-8-3-7-14-13(15)6-4-10-17-14/h3,7-8,17H,4-6,9-12H2,1-2H3. The van der Waals surface area contributed by atoms with Crippen LogP contribution in [0.4, 0.5) is 11.4 Å². The van der Waals surface area contributed by atoms with Gasteiger partial charge in [0.2, 0.25) is 0 Å². The van der Waals surface area contributed by atoms with Crippen LogP contribution in [0.15, 0.2) is 18.2 Å². The average molecular weight is 244 g/mol. The maximum absolute atomic E-state index is 3.54. The molecule has 2 nitrogen and oxygen atoms in total. The summed E-state index contributed by atoms with van der Waals surface area (Å²) in [4.78, 5) is 2.61. The number of anilines is 2. The molecule has 1 aromatic rings. The highest BCUT2D eigenvalue weighted by Gasteiger charge is 2.28. The van der Waals surface area contributed by atoms with Gasteiger partial charge in [-0.25, -0.2) is 0 Å². The van der Waals surface area contributed by atoms with Gasteiger partial charge < -0.3 is 10.2 Å². The normalized spacial score (nSPS) is 22.2. The molecule has 18 heavy (non-hydrogen) atoms. The smallest absolute Gasteiger partial charge is 0.0419 e. The lowest BCUT2D eigenvalue weighted by atomic mass is 9.83. The van der Waals surface area contributed by atoms with Crippen LogP contribution in [-0.4, -0.2) is 19.6 Å². The first-order chi connectivity index (χ1) is 8.66. The second-order valence-corrected chi connectivity index (χ2v) is 6.52. The van der Waals surface area contributed by atoms with Crippen molar-refractivity contribution in [1.82, 2.24) is 0 Å². The van der Waals surface area contributed by atoms with Crippen LogP contribution in [0.3, 0.4) is 0 Å². The molecule has 0 saturated carbocycles. The van der Waals surface area contributed by atoms with E-state index in [0.717, 1.165) is 6.54 Å². The van der Waals surface area contributed by atoms with Gasteiger partial charge in [0.25, 0.3) is 0 Å². The van der Waals surface area contributed by atoms with Gasteiger partial charge in [-0.3, -0.25) is 0 Å². The SMILES string of the molecule is CC1(C)CCCN(c2cccc3c2CCCN3)C1. The maximum Gasteiger partial charge on any atom is 0.0419 e. The Labute approximate surface area is 110 Å². The van der Waals surface area contributed by atoms with Gasteiger partial charge in [0, 0.05) is 31.0 Å². The fraction of sp³-hybridized carbons (Fsp3) is 0.625. The van der Waals surface area contributed by atoms with Crippen molar-refractivity contribution in [2.24, 2.45) is 5.41 Å². The quantitative estimate of drug-likeness (QED) is 0.811. The Bertz CT molecular complexity index is 437. The highest BCUT2D eigenvalue weighted by Crippen LogP contribution is 2.36. The molecule has 0 radical (unpaired) electrons. The molecule has 1 aromatic carbocycles. The Kier molecular flexibility index (Phi) is 2.96. The molecule has 3 rings (SSSR count). The molecule has 0 atom stereocenters. The first kappa shape index (κ1) is 11.9. The molecule has 0 spiro atoms. The van der Waals surface area contributed by atoms with Gasteiger partial charge in [-0.1, -0.05) is 19.9 Å². The topological polar surface area (TPSA) is 15.3 Å². The molecular weight excluding hydrogens is 220 g/mol. The number of hydrogen-bond acceptors (Lipinski definition) is 2. The Hall–Kier alpha value is -1.18. The lowest BCUT2D eigenvalue weighted by molar-refractivity contribution is 0.293. The van der Waals surface area contributed by atoms with E-state index in [4.69, 9.17) is 0 Å². The molecule has 0 aromatic heterocycles. The van der Waals surface area contributed by atoms with E-state index in [1.54, 1.807) is 5.56 Å². The minimum absolute atomic E-state index is 0.461. The van der Waals surface area contributed by atoms with Gasteiger partial charge in [-0.2, -0.15) is 0 Å². The molecule has 2 aliphatic heterocycles. The summed E-state index contributed by atoms with van der Waals surface area (Å²) in [6.07, 6.45) is 5.18. The van der Waals surface area contributed by atoms with Gasteiger partial charge in [0.1, 0.15) is 0 Å². The van der Waals surface area contributed by atoms with Gasteiger partial charge in [0.05, 0.1) is 0 Å². The first-order valence-electron chi connectivity index (χ1n) is 7.26. The molecular formula is C16H24N2. The zero-order chi connectivity index (χ0) is 12.6. The molecule has 0 bridgehead atoms. The molecule has 1 saturated heterocycles. The van der Waals surface area contributed by atoms with Crippen LogP contribution in [0.1, 0.15) is 38.7 Å². The highest BCUT2D eigenvalue weighted by atomic mass is 15.1. The number of benzene rings is 1. The Morgan fingerprint density at radius 2 is 2.11 bits per heavy atom. The zero-order valence-corrected chi connectivity index (χ0v) is 11.6. The van der Waals surface area contributed by atoms with E-state index in [2.05, 4.69) is 42.3 Å². The van der Waals surface area contributed by atoms with Crippen LogP contribution in [0, 0.1) is 5.41 Å². The monoisotopic (exact) mass is 244 g/mol. The van der Waals surface area contributed by atoms with Gasteiger partial charge >= 0.3 is 0 Å². The molecule has 2 heteroatoms. The van der Waals surface area contributed by atoms with Gasteiger partial charge in [0.15, 0.2) is 0 Å². The number of nitrogens with zero attached hydrogens (tertiary/aromatic N) is 1. The molecule has 1 N–H and O–H groups in total. The lowest BCUT2D eigenvalue weighted by Gasteiger charge is -2.41. The molecule has 0 amide bonds. The summed E-state index contributed by atoms with van der Waals surface area (Å²) in [7, 11) is 0. The molecule has 0 unspecified atom stereocenters. The number of piperidine rings is 1. The Morgan fingerprint density at radius 1 is 1.22 bits per heavy atom. The molecule has 0 aliphatic carbocycles. The van der Waals surface area contributed by atoms with Crippen molar-refractivity contribution in [3.05, 3.63) is 23.8 Å². The predicted molar refractivity (Wildman–Crippen MR) is 78.5 cm³/mol. The van der Waals surface area contributed by atoms with E-state index < -0.39 is 0 Å². The summed E-state index contributed by atoms with van der Waals surface area (Å²) < 4.78 is 0. The van der Waals surface area contributed by atoms with Crippen LogP contribution >= 0.6 is 0 Å². The van der Waals surface area contributed by atoms with Gasteiger partial charge in [-0.15, -0.1) is 0 Å². The highest BCUT2D eigenvalue weighted by molar-refractivity contribution is 5.68. The number of hydrogen-bond donors (Lipinski definition) is 1. The summed E-state index contributed by atoms with van der Waals surface area (Å²) in [5.74, 6) is 0. The second kappa shape index (κ2) is 4.49. The lowest BCUT2D eigenvalue weighted by Crippen LogP contribution is -2.40. The van der Waals surface area contributed by atoms with Crippen molar-refractivity contribution in [3.63, 3.8) is 0 Å². The van der Waals surface area contributed by atoms with Crippen molar-refractivity contribution in [3.8, 4) is 0 Å². The van der Waals surface area contributed by atoms with Crippen LogP contribution in [0.2, 0.25) is 0 Å². The molecule has 1 fully saturated rings. The van der Waals surface area contributed by atoms with Crippen LogP contribution in [0.5, 0.6) is 0 Å². The van der Waals surface area contributed by atoms with Gasteiger partial charge in [-0.05, 0) is 48.8 Å². The van der Waals surface area contributed by atoms with E-state index in [-0.39, 0.29) is 0 Å². The number of nitrogens with one attached hydrogen (secondary N) is 1. The van der Waals surface area contributed by atoms with E-state index in [0.29, 0.717) is 5.41 Å². The third-order valence-corrected chi connectivity index (χ3v) is 4.31. The fourth-order valence-corrected chi connectivity index (χ4v) is 3.42. The predicted octanol–water partition coefficient (Wildman–Crippen LogP) is 3.67. The molecule has 98 valence electrons. The summed E-state index contributed by atoms with van der Waals surface area (Å²) in [6, 6.07) is 6.74. The third-order valence-electron chi connectivity index (χ3n) is 4.31. The summed E-state index contributed by atoms with van der Waals surface area (Å²) in [5.41, 5.74) is 4.85. The van der Waals surface area contributed by atoms with E-state index in [1.807, 2.05) is 0 Å². The Balaban J connectivity index is 1.92. The minimum atomic E-state index is 0.461. The Morgan fingerprint density at radius 3 is 2.94 bits per heavy atom. The largest absolute Gasteiger partial charge is 0.385 e. The minimum Gasteiger partial charge on any atom is -0.385 e. The van der Waals surface area contributed by atoms with Crippen molar-refractivity contribution < 1.29 is 0 Å². The van der Waals surface area contributed by atoms with Crippen molar-refractivity contribution in [2.75, 3.05) is 29.9 Å². The van der Waals surface area contributed by atoms with Crippen molar-refractivity contribution in [1.29, 1.82) is 0 Å². The number of fused-ring (bicyclic) bond motifs is 1. The van der Waals surface area contributed by atoms with Crippen molar-refractivity contribution in [2.45, 2.75) is 39.5 Å². The van der Waals surface area contributed by atoms with Crippen LogP contribution < -0.4 is 10.2 Å². The fourth-order valence-electron chi connectivity index (χ4n) is 3.42. The molecule has 2 aliphatic rings. The van der Waals surface area contributed by atoms with E-state index >= 15 is 0 Å². The summed E-state index contributed by atoms with van der Waals surface area (Å²) in [5, 5.41) is 3.54. The van der Waals surface area contributed by atoms with Crippen molar-refractivity contribution >= 4 is 11.4 Å². The summed E-state index contributed by atoms with van der Waals surface area (Å²) in [6.45, 7) is 8.34. The third kappa shape index (κ3) is 2.21. The number of rotatable bonds is 1. The van der Waals surface area contributed by atoms with Crippen LogP contribution in [-0.2, 0) is 6.42 Å². The average Bonchev–Trinajstić information content (AvgIpc) is 2.37.